The quantitative estimate of drug-likeness (QED) is 0.901. The molecule has 116 valence electrons. The Morgan fingerprint density at radius 2 is 2.14 bits per heavy atom. The first-order chi connectivity index (χ1) is 10.2. The molecule has 0 bridgehead atoms. The van der Waals surface area contributed by atoms with Crippen LogP contribution in [0.25, 0.3) is 0 Å². The summed E-state index contributed by atoms with van der Waals surface area (Å²) in [6.45, 7) is 7.68. The number of fused-ring (bicyclic) bond motifs is 1. The fourth-order valence-corrected chi connectivity index (χ4v) is 3.76. The van der Waals surface area contributed by atoms with E-state index >= 15 is 0 Å². The second-order valence-corrected chi connectivity index (χ2v) is 6.70. The Morgan fingerprint density at radius 1 is 1.29 bits per heavy atom. The van der Waals surface area contributed by atoms with E-state index in [2.05, 4.69) is 42.3 Å². The smallest absolute Gasteiger partial charge is 0.122 e. The molecule has 3 atom stereocenters. The van der Waals surface area contributed by atoms with Crippen molar-refractivity contribution < 1.29 is 4.74 Å². The summed E-state index contributed by atoms with van der Waals surface area (Å²) in [6, 6.07) is 10.2. The van der Waals surface area contributed by atoms with Gasteiger partial charge in [-0.05, 0) is 64.3 Å². The first-order valence-electron chi connectivity index (χ1n) is 8.41. The molecule has 2 aliphatic rings. The summed E-state index contributed by atoms with van der Waals surface area (Å²) in [5.74, 6) is 1.01. The van der Waals surface area contributed by atoms with Crippen molar-refractivity contribution in [1.82, 2.24) is 10.2 Å². The number of aryl methyl sites for hydroxylation is 1. The highest BCUT2D eigenvalue weighted by Crippen LogP contribution is 2.27. The number of hydrogen-bond donors (Lipinski definition) is 1. The number of piperidine rings is 1. The molecule has 1 aromatic carbocycles. The number of rotatable bonds is 5. The molecule has 0 aliphatic carbocycles. The number of para-hydroxylation sites is 1. The maximum absolute atomic E-state index is 5.95. The zero-order valence-corrected chi connectivity index (χ0v) is 13.3. The summed E-state index contributed by atoms with van der Waals surface area (Å²) < 4.78 is 5.95. The van der Waals surface area contributed by atoms with Crippen LogP contribution >= 0.6 is 0 Å². The Labute approximate surface area is 128 Å². The molecule has 21 heavy (non-hydrogen) atoms. The van der Waals surface area contributed by atoms with E-state index in [1.807, 2.05) is 6.07 Å². The molecule has 3 nitrogen and oxygen atoms in total. The highest BCUT2D eigenvalue weighted by molar-refractivity contribution is 5.31. The van der Waals surface area contributed by atoms with Crippen molar-refractivity contribution in [3.8, 4) is 5.75 Å². The van der Waals surface area contributed by atoms with E-state index < -0.39 is 0 Å². The van der Waals surface area contributed by atoms with Crippen LogP contribution in [0.3, 0.4) is 0 Å². The van der Waals surface area contributed by atoms with E-state index in [1.54, 1.807) is 0 Å². The summed E-state index contributed by atoms with van der Waals surface area (Å²) in [7, 11) is 0. The second-order valence-electron chi connectivity index (χ2n) is 6.70. The van der Waals surface area contributed by atoms with Gasteiger partial charge in [-0.15, -0.1) is 0 Å². The van der Waals surface area contributed by atoms with Crippen LogP contribution in [0.4, 0.5) is 0 Å². The van der Waals surface area contributed by atoms with Crippen molar-refractivity contribution in [3.63, 3.8) is 0 Å². The lowest BCUT2D eigenvalue weighted by Gasteiger charge is -2.36. The van der Waals surface area contributed by atoms with Gasteiger partial charge in [-0.3, -0.25) is 0 Å². The molecule has 2 aliphatic heterocycles. The molecule has 2 fully saturated rings. The maximum Gasteiger partial charge on any atom is 0.122 e. The Morgan fingerprint density at radius 3 is 3.00 bits per heavy atom. The molecule has 2 heterocycles. The summed E-state index contributed by atoms with van der Waals surface area (Å²) in [5, 5.41) is 3.77. The Hall–Kier alpha value is -1.06. The zero-order chi connectivity index (χ0) is 14.7. The molecule has 0 unspecified atom stereocenters. The SMILES string of the molecule is Cc1ccccc1OC[C@H](C)N[C@@H]1CCN2CCC[C@H]2C1. The minimum atomic E-state index is 0.405. The van der Waals surface area contributed by atoms with Gasteiger partial charge < -0.3 is 15.0 Å². The van der Waals surface area contributed by atoms with Gasteiger partial charge in [-0.25, -0.2) is 0 Å². The van der Waals surface area contributed by atoms with Crippen molar-refractivity contribution in [2.24, 2.45) is 0 Å². The first kappa shape index (κ1) is 14.9. The molecule has 3 rings (SSSR count). The van der Waals surface area contributed by atoms with Gasteiger partial charge in [0.05, 0.1) is 0 Å². The molecule has 0 amide bonds. The van der Waals surface area contributed by atoms with Crippen LogP contribution in [0.2, 0.25) is 0 Å². The Balaban J connectivity index is 1.44. The molecule has 1 N–H and O–H groups in total. The predicted molar refractivity (Wildman–Crippen MR) is 86.9 cm³/mol. The summed E-state index contributed by atoms with van der Waals surface area (Å²) in [6.07, 6.45) is 5.38. The van der Waals surface area contributed by atoms with E-state index in [9.17, 15) is 0 Å². The molecular formula is C18H28N2O. The topological polar surface area (TPSA) is 24.5 Å². The number of benzene rings is 1. The number of ether oxygens (including phenoxy) is 1. The van der Waals surface area contributed by atoms with Crippen molar-refractivity contribution in [1.29, 1.82) is 0 Å². The average Bonchev–Trinajstić information content (AvgIpc) is 2.94. The second kappa shape index (κ2) is 6.80. The molecule has 0 saturated carbocycles. The summed E-state index contributed by atoms with van der Waals surface area (Å²) in [5.41, 5.74) is 1.21. The van der Waals surface area contributed by atoms with Gasteiger partial charge in [-0.2, -0.15) is 0 Å². The molecule has 1 aromatic rings. The number of nitrogens with zero attached hydrogens (tertiary/aromatic N) is 1. The van der Waals surface area contributed by atoms with Gasteiger partial charge in [-0.1, -0.05) is 18.2 Å². The largest absolute Gasteiger partial charge is 0.492 e. The highest BCUT2D eigenvalue weighted by atomic mass is 16.5. The Kier molecular flexibility index (Phi) is 4.81. The lowest BCUT2D eigenvalue weighted by atomic mass is 9.97. The minimum Gasteiger partial charge on any atom is -0.492 e. The molecule has 3 heteroatoms. The molecular weight excluding hydrogens is 260 g/mol. The van der Waals surface area contributed by atoms with Gasteiger partial charge in [0.25, 0.3) is 0 Å². The zero-order valence-electron chi connectivity index (χ0n) is 13.3. The Bertz CT molecular complexity index is 462. The molecule has 0 aromatic heterocycles. The van der Waals surface area contributed by atoms with Crippen molar-refractivity contribution >= 4 is 0 Å². The van der Waals surface area contributed by atoms with Crippen molar-refractivity contribution in [2.45, 2.75) is 57.7 Å². The van der Waals surface area contributed by atoms with Crippen LogP contribution in [0.5, 0.6) is 5.75 Å². The van der Waals surface area contributed by atoms with Crippen molar-refractivity contribution in [2.75, 3.05) is 19.7 Å². The van der Waals surface area contributed by atoms with Crippen LogP contribution in [0, 0.1) is 6.92 Å². The van der Waals surface area contributed by atoms with E-state index in [1.165, 1.54) is 44.3 Å². The van der Waals surface area contributed by atoms with Crippen LogP contribution in [0.15, 0.2) is 24.3 Å². The monoisotopic (exact) mass is 288 g/mol. The van der Waals surface area contributed by atoms with Gasteiger partial charge in [0.1, 0.15) is 12.4 Å². The van der Waals surface area contributed by atoms with Crippen LogP contribution in [-0.4, -0.2) is 42.7 Å². The van der Waals surface area contributed by atoms with Gasteiger partial charge in [0.15, 0.2) is 0 Å². The van der Waals surface area contributed by atoms with Crippen LogP contribution in [-0.2, 0) is 0 Å². The predicted octanol–water partition coefficient (Wildman–Crippen LogP) is 2.98. The average molecular weight is 288 g/mol. The summed E-state index contributed by atoms with van der Waals surface area (Å²) >= 11 is 0. The standard InChI is InChI=1S/C18H28N2O/c1-14-6-3-4-8-18(14)21-13-15(2)19-16-9-11-20-10-5-7-17(20)12-16/h3-4,6,8,15-17,19H,5,7,9-13H2,1-2H3/t15-,16+,17-/m0/s1. The van der Waals surface area contributed by atoms with Crippen molar-refractivity contribution in [3.05, 3.63) is 29.8 Å². The van der Waals surface area contributed by atoms with E-state index in [0.717, 1.165) is 18.4 Å². The third kappa shape index (κ3) is 3.78. The normalized spacial score (nSPS) is 27.3. The van der Waals surface area contributed by atoms with Crippen LogP contribution in [0.1, 0.15) is 38.2 Å². The third-order valence-electron chi connectivity index (χ3n) is 4.92. The fraction of sp³-hybridized carbons (Fsp3) is 0.667. The molecule has 0 spiro atoms. The maximum atomic E-state index is 5.95. The number of nitrogens with one attached hydrogen (secondary N) is 1. The first-order valence-corrected chi connectivity index (χ1v) is 8.41. The molecule has 2 saturated heterocycles. The van der Waals surface area contributed by atoms with E-state index in [0.29, 0.717) is 12.1 Å². The third-order valence-corrected chi connectivity index (χ3v) is 4.92. The van der Waals surface area contributed by atoms with E-state index in [-0.39, 0.29) is 0 Å². The highest BCUT2D eigenvalue weighted by Gasteiger charge is 2.31. The van der Waals surface area contributed by atoms with Gasteiger partial charge in [0, 0.05) is 18.1 Å². The van der Waals surface area contributed by atoms with Crippen LogP contribution < -0.4 is 10.1 Å². The van der Waals surface area contributed by atoms with E-state index in [4.69, 9.17) is 4.74 Å². The summed E-state index contributed by atoms with van der Waals surface area (Å²) in [4.78, 5) is 2.67. The minimum absolute atomic E-state index is 0.405. The number of hydrogen-bond acceptors (Lipinski definition) is 3. The van der Waals surface area contributed by atoms with Gasteiger partial charge in [0.2, 0.25) is 0 Å². The lowest BCUT2D eigenvalue weighted by Crippen LogP contribution is -2.49. The van der Waals surface area contributed by atoms with Gasteiger partial charge >= 0.3 is 0 Å². The molecule has 0 radical (unpaired) electrons. The fourth-order valence-electron chi connectivity index (χ4n) is 3.76. The lowest BCUT2D eigenvalue weighted by molar-refractivity contribution is 0.153.